The zero-order valence-electron chi connectivity index (χ0n) is 28.3. The first-order valence-corrected chi connectivity index (χ1v) is 15.9. The van der Waals surface area contributed by atoms with Gasteiger partial charge in [0.15, 0.2) is 11.6 Å². The molecule has 0 fully saturated rings. The van der Waals surface area contributed by atoms with Crippen LogP contribution in [0.2, 0.25) is 0 Å². The fourth-order valence-corrected chi connectivity index (χ4v) is 6.90. The monoisotopic (exact) mass is 785 g/mol. The molecule has 6 rings (SSSR count). The standard InChI is InChI=1S/C38H23F12NO4/c1-33(2,3)17-4-8-21(27(14-17)35(39,40)41)22-11-7-20(15-28(22)36(42,43)44)51-31(54)24-10-6-19(13-26(24)32(51)55)34(37(45,46)47,38(48,49)50)18-5-9-23-25(12-18)30(53)16-29(23)52/h4-15H,16H2,1-3H3. The highest BCUT2D eigenvalue weighted by molar-refractivity contribution is 6.34. The molecule has 288 valence electrons. The Bertz CT molecular complexity index is 2310. The van der Waals surface area contributed by atoms with Crippen molar-refractivity contribution in [1.82, 2.24) is 0 Å². The van der Waals surface area contributed by atoms with Gasteiger partial charge < -0.3 is 0 Å². The topological polar surface area (TPSA) is 71.5 Å². The minimum Gasteiger partial charge on any atom is -0.294 e. The van der Waals surface area contributed by atoms with Crippen LogP contribution >= 0.6 is 0 Å². The zero-order valence-corrected chi connectivity index (χ0v) is 28.3. The van der Waals surface area contributed by atoms with E-state index in [9.17, 15) is 71.9 Å². The maximum atomic E-state index is 14.9. The second kappa shape index (κ2) is 12.3. The van der Waals surface area contributed by atoms with E-state index in [-0.39, 0.29) is 34.7 Å². The van der Waals surface area contributed by atoms with E-state index in [1.54, 1.807) is 20.8 Å². The van der Waals surface area contributed by atoms with E-state index in [0.29, 0.717) is 36.4 Å². The number of hydrogen-bond donors (Lipinski definition) is 0. The van der Waals surface area contributed by atoms with Gasteiger partial charge in [-0.05, 0) is 69.6 Å². The summed E-state index contributed by atoms with van der Waals surface area (Å²) in [6, 6.07) is 6.21. The maximum Gasteiger partial charge on any atom is 0.417 e. The number of fused-ring (bicyclic) bond motifs is 2. The van der Waals surface area contributed by atoms with Gasteiger partial charge in [0.25, 0.3) is 11.8 Å². The summed E-state index contributed by atoms with van der Waals surface area (Å²) < 4.78 is 176. The molecule has 2 aliphatic rings. The Morgan fingerprint density at radius 1 is 0.455 bits per heavy atom. The molecule has 17 heteroatoms. The molecule has 4 aromatic carbocycles. The van der Waals surface area contributed by atoms with Crippen molar-refractivity contribution in [3.63, 3.8) is 0 Å². The SMILES string of the molecule is CC(C)(C)c1ccc(-c2ccc(N3C(=O)c4ccc(C(c5ccc6c(c5)C(=O)CC6=O)(C(F)(F)F)C(F)(F)F)cc4C3=O)cc2C(F)(F)F)c(C(F)(F)F)c1. The van der Waals surface area contributed by atoms with Crippen LogP contribution in [0.25, 0.3) is 11.1 Å². The molecule has 0 radical (unpaired) electrons. The van der Waals surface area contributed by atoms with Crippen molar-refractivity contribution >= 4 is 29.1 Å². The molecule has 1 aliphatic carbocycles. The van der Waals surface area contributed by atoms with Crippen LogP contribution in [-0.2, 0) is 23.2 Å². The predicted molar refractivity (Wildman–Crippen MR) is 171 cm³/mol. The number of hydrogen-bond acceptors (Lipinski definition) is 4. The van der Waals surface area contributed by atoms with Crippen molar-refractivity contribution in [2.24, 2.45) is 0 Å². The van der Waals surface area contributed by atoms with Gasteiger partial charge in [-0.1, -0.05) is 57.2 Å². The Balaban J connectivity index is 1.50. The third kappa shape index (κ3) is 6.16. The Morgan fingerprint density at radius 2 is 0.873 bits per heavy atom. The number of nitrogens with zero attached hydrogens (tertiary/aromatic N) is 1. The molecule has 1 heterocycles. The van der Waals surface area contributed by atoms with E-state index >= 15 is 0 Å². The zero-order chi connectivity index (χ0) is 41.0. The van der Waals surface area contributed by atoms with Gasteiger partial charge >= 0.3 is 24.7 Å². The molecule has 0 saturated heterocycles. The van der Waals surface area contributed by atoms with Crippen molar-refractivity contribution in [1.29, 1.82) is 0 Å². The van der Waals surface area contributed by atoms with Crippen LogP contribution in [0.5, 0.6) is 0 Å². The Labute approximate surface area is 302 Å². The van der Waals surface area contributed by atoms with Gasteiger partial charge in [0, 0.05) is 11.1 Å². The lowest BCUT2D eigenvalue weighted by atomic mass is 9.71. The molecular weight excluding hydrogens is 762 g/mol. The van der Waals surface area contributed by atoms with Gasteiger partial charge in [-0.15, -0.1) is 0 Å². The van der Waals surface area contributed by atoms with E-state index in [1.807, 2.05) is 0 Å². The molecule has 0 aromatic heterocycles. The number of rotatable bonds is 4. The molecule has 0 N–H and O–H groups in total. The number of carbonyl (C=O) groups excluding carboxylic acids is 4. The summed E-state index contributed by atoms with van der Waals surface area (Å²) >= 11 is 0. The molecule has 0 unspecified atom stereocenters. The Hall–Kier alpha value is -5.48. The van der Waals surface area contributed by atoms with Crippen LogP contribution in [-0.4, -0.2) is 35.7 Å². The molecule has 0 atom stereocenters. The lowest BCUT2D eigenvalue weighted by molar-refractivity contribution is -0.288. The fraction of sp³-hybridized carbons (Fsp3) is 0.263. The normalized spacial score (nSPS) is 15.6. The summed E-state index contributed by atoms with van der Waals surface area (Å²) in [7, 11) is 0. The number of alkyl halides is 12. The predicted octanol–water partition coefficient (Wildman–Crippen LogP) is 10.7. The second-order valence-corrected chi connectivity index (χ2v) is 14.0. The fourth-order valence-electron chi connectivity index (χ4n) is 6.90. The number of ketones is 2. The molecule has 0 spiro atoms. The van der Waals surface area contributed by atoms with Crippen molar-refractivity contribution in [2.75, 3.05) is 4.90 Å². The van der Waals surface area contributed by atoms with Crippen LogP contribution in [0.15, 0.2) is 72.8 Å². The van der Waals surface area contributed by atoms with Crippen LogP contribution in [0.3, 0.4) is 0 Å². The highest BCUT2D eigenvalue weighted by Crippen LogP contribution is 2.57. The number of halogens is 12. The Kier molecular flexibility index (Phi) is 8.75. The van der Waals surface area contributed by atoms with Gasteiger partial charge in [-0.3, -0.25) is 19.2 Å². The summed E-state index contributed by atoms with van der Waals surface area (Å²) in [6.07, 6.45) is -23.8. The molecule has 0 bridgehead atoms. The van der Waals surface area contributed by atoms with Crippen LogP contribution < -0.4 is 4.90 Å². The highest BCUT2D eigenvalue weighted by atomic mass is 19.4. The summed E-state index contributed by atoms with van der Waals surface area (Å²) in [5, 5.41) is 0. The molecule has 1 aliphatic heterocycles. The number of benzene rings is 4. The Morgan fingerprint density at radius 3 is 1.38 bits per heavy atom. The first-order valence-electron chi connectivity index (χ1n) is 15.9. The average molecular weight is 786 g/mol. The largest absolute Gasteiger partial charge is 0.417 e. The summed E-state index contributed by atoms with van der Waals surface area (Å²) in [6.45, 7) is 4.73. The number of anilines is 1. The quantitative estimate of drug-likeness (QED) is 0.117. The minimum absolute atomic E-state index is 0.0450. The van der Waals surface area contributed by atoms with Crippen LogP contribution in [0.1, 0.15) is 96.4 Å². The van der Waals surface area contributed by atoms with Gasteiger partial charge in [-0.2, -0.15) is 52.7 Å². The number of imide groups is 1. The van der Waals surface area contributed by atoms with E-state index in [4.69, 9.17) is 0 Å². The number of carbonyl (C=O) groups is 4. The maximum absolute atomic E-state index is 14.9. The molecule has 55 heavy (non-hydrogen) atoms. The van der Waals surface area contributed by atoms with E-state index in [1.165, 1.54) is 6.07 Å². The molecule has 0 saturated carbocycles. The van der Waals surface area contributed by atoms with Gasteiger partial charge in [0.05, 0.1) is 34.4 Å². The van der Waals surface area contributed by atoms with Gasteiger partial charge in [0.2, 0.25) is 5.41 Å². The van der Waals surface area contributed by atoms with Gasteiger partial charge in [-0.25, -0.2) is 4.90 Å². The van der Waals surface area contributed by atoms with E-state index < -0.39 is 127 Å². The van der Waals surface area contributed by atoms with E-state index in [2.05, 4.69) is 0 Å². The molecule has 5 nitrogen and oxygen atoms in total. The van der Waals surface area contributed by atoms with Crippen molar-refractivity contribution < 1.29 is 71.9 Å². The second-order valence-electron chi connectivity index (χ2n) is 14.0. The number of amides is 2. The summed E-state index contributed by atoms with van der Waals surface area (Å²) in [4.78, 5) is 51.4. The van der Waals surface area contributed by atoms with Crippen molar-refractivity contribution in [3.05, 3.63) is 123 Å². The van der Waals surface area contributed by atoms with Crippen LogP contribution in [0, 0.1) is 0 Å². The van der Waals surface area contributed by atoms with Crippen molar-refractivity contribution in [2.45, 2.75) is 62.7 Å². The van der Waals surface area contributed by atoms with Crippen molar-refractivity contribution in [3.8, 4) is 11.1 Å². The molecule has 4 aromatic rings. The van der Waals surface area contributed by atoms with E-state index in [0.717, 1.165) is 6.07 Å². The van der Waals surface area contributed by atoms with Crippen LogP contribution in [0.4, 0.5) is 58.4 Å². The molecular formula is C38H23F12NO4. The lowest BCUT2D eigenvalue weighted by Gasteiger charge is -2.38. The number of Topliss-reactive ketones (excluding diaryl/α,β-unsaturated/α-hetero) is 2. The third-order valence-corrected chi connectivity index (χ3v) is 9.59. The lowest BCUT2D eigenvalue weighted by Crippen LogP contribution is -2.55. The summed E-state index contributed by atoms with van der Waals surface area (Å²) in [5.41, 5.74) is -17.8. The smallest absolute Gasteiger partial charge is 0.294 e. The average Bonchev–Trinajstić information content (AvgIpc) is 3.47. The first-order chi connectivity index (χ1) is 25.1. The first kappa shape index (κ1) is 39.2. The highest BCUT2D eigenvalue weighted by Gasteiger charge is 2.73. The van der Waals surface area contributed by atoms with Gasteiger partial charge in [0.1, 0.15) is 0 Å². The minimum atomic E-state index is -6.25. The summed E-state index contributed by atoms with van der Waals surface area (Å²) in [5.74, 6) is -4.96. The third-order valence-electron chi connectivity index (χ3n) is 9.59. The molecule has 2 amide bonds.